The standard InChI is InChI=1S/C11H13ClN2O5/c1-6(15)13-5-10(16)11(17)8-4-7(12)2-3-9(8)14(18)19/h2-4,10-11,16-17H,5H2,1H3,(H,13,15). The van der Waals surface area contributed by atoms with Crippen molar-refractivity contribution in [3.63, 3.8) is 0 Å². The molecule has 0 spiro atoms. The minimum absolute atomic E-state index is 0.102. The summed E-state index contributed by atoms with van der Waals surface area (Å²) in [6.07, 6.45) is -2.90. The molecule has 0 saturated carbocycles. The molecule has 0 radical (unpaired) electrons. The van der Waals surface area contributed by atoms with Crippen LogP contribution < -0.4 is 5.32 Å². The number of rotatable bonds is 5. The van der Waals surface area contributed by atoms with Crippen LogP contribution >= 0.6 is 11.6 Å². The Labute approximate surface area is 114 Å². The zero-order chi connectivity index (χ0) is 14.6. The molecule has 7 nitrogen and oxygen atoms in total. The van der Waals surface area contributed by atoms with Gasteiger partial charge in [0.15, 0.2) is 0 Å². The highest BCUT2D eigenvalue weighted by atomic mass is 35.5. The summed E-state index contributed by atoms with van der Waals surface area (Å²) in [5, 5.41) is 32.9. The molecule has 0 bridgehead atoms. The number of carbonyl (C=O) groups is 1. The van der Waals surface area contributed by atoms with Crippen LogP contribution in [0.2, 0.25) is 5.02 Å². The van der Waals surface area contributed by atoms with E-state index in [0.717, 1.165) is 6.07 Å². The van der Waals surface area contributed by atoms with E-state index in [2.05, 4.69) is 5.32 Å². The number of hydrogen-bond donors (Lipinski definition) is 3. The summed E-state index contributed by atoms with van der Waals surface area (Å²) in [7, 11) is 0. The van der Waals surface area contributed by atoms with Crippen molar-refractivity contribution in [1.29, 1.82) is 0 Å². The highest BCUT2D eigenvalue weighted by Crippen LogP contribution is 2.29. The molecule has 1 aromatic rings. The first-order valence-corrected chi connectivity index (χ1v) is 5.75. The molecule has 0 aliphatic heterocycles. The quantitative estimate of drug-likeness (QED) is 0.547. The van der Waals surface area contributed by atoms with Crippen LogP contribution in [0.4, 0.5) is 5.69 Å². The van der Waals surface area contributed by atoms with Gasteiger partial charge >= 0.3 is 0 Å². The van der Waals surface area contributed by atoms with Gasteiger partial charge < -0.3 is 15.5 Å². The highest BCUT2D eigenvalue weighted by Gasteiger charge is 2.26. The number of aliphatic hydroxyl groups is 2. The lowest BCUT2D eigenvalue weighted by Crippen LogP contribution is -2.34. The summed E-state index contributed by atoms with van der Waals surface area (Å²) >= 11 is 5.71. The van der Waals surface area contributed by atoms with E-state index in [1.807, 2.05) is 0 Å². The Bertz CT molecular complexity index is 494. The van der Waals surface area contributed by atoms with Gasteiger partial charge in [0, 0.05) is 24.6 Å². The summed E-state index contributed by atoms with van der Waals surface area (Å²) in [6.45, 7) is 1.03. The van der Waals surface area contributed by atoms with E-state index in [4.69, 9.17) is 11.6 Å². The van der Waals surface area contributed by atoms with Crippen LogP contribution in [0, 0.1) is 10.1 Å². The third-order valence-electron chi connectivity index (χ3n) is 2.43. The van der Waals surface area contributed by atoms with E-state index in [-0.39, 0.29) is 28.7 Å². The molecule has 2 unspecified atom stereocenters. The smallest absolute Gasteiger partial charge is 0.275 e. The van der Waals surface area contributed by atoms with Crippen molar-refractivity contribution in [2.45, 2.75) is 19.1 Å². The normalized spacial score (nSPS) is 13.7. The van der Waals surface area contributed by atoms with Crippen LogP contribution in [0.15, 0.2) is 18.2 Å². The second-order valence-corrected chi connectivity index (χ2v) is 4.35. The Morgan fingerprint density at radius 3 is 2.68 bits per heavy atom. The molecule has 0 heterocycles. The molecule has 104 valence electrons. The number of aliphatic hydroxyl groups excluding tert-OH is 2. The fourth-order valence-corrected chi connectivity index (χ4v) is 1.68. The predicted octanol–water partition coefficient (Wildman–Crippen LogP) is 0.779. The lowest BCUT2D eigenvalue weighted by Gasteiger charge is -2.18. The van der Waals surface area contributed by atoms with Crippen molar-refractivity contribution >= 4 is 23.2 Å². The van der Waals surface area contributed by atoms with Crippen molar-refractivity contribution in [1.82, 2.24) is 5.32 Å². The highest BCUT2D eigenvalue weighted by molar-refractivity contribution is 6.30. The number of nitrogens with zero attached hydrogens (tertiary/aromatic N) is 1. The third-order valence-corrected chi connectivity index (χ3v) is 2.66. The van der Waals surface area contributed by atoms with E-state index < -0.39 is 17.1 Å². The number of benzene rings is 1. The first-order valence-electron chi connectivity index (χ1n) is 5.37. The van der Waals surface area contributed by atoms with Gasteiger partial charge in [0.1, 0.15) is 12.2 Å². The van der Waals surface area contributed by atoms with Crippen LogP contribution in [-0.2, 0) is 4.79 Å². The first-order chi connectivity index (χ1) is 8.82. The molecule has 1 amide bonds. The minimum Gasteiger partial charge on any atom is -0.388 e. The first kappa shape index (κ1) is 15.4. The van der Waals surface area contributed by atoms with Gasteiger partial charge in [-0.3, -0.25) is 14.9 Å². The molecule has 19 heavy (non-hydrogen) atoms. The summed E-state index contributed by atoms with van der Waals surface area (Å²) < 4.78 is 0. The predicted molar refractivity (Wildman–Crippen MR) is 67.8 cm³/mol. The molecule has 0 fully saturated rings. The molecule has 0 aliphatic rings. The van der Waals surface area contributed by atoms with Crippen molar-refractivity contribution in [3.05, 3.63) is 38.9 Å². The Hall–Kier alpha value is -1.70. The molecular weight excluding hydrogens is 276 g/mol. The Morgan fingerprint density at radius 2 is 2.16 bits per heavy atom. The summed E-state index contributed by atoms with van der Waals surface area (Å²) in [5.74, 6) is -0.383. The average molecular weight is 289 g/mol. The van der Waals surface area contributed by atoms with Crippen molar-refractivity contribution in [2.75, 3.05) is 6.54 Å². The number of nitrogens with one attached hydrogen (secondary N) is 1. The molecule has 0 aromatic heterocycles. The Morgan fingerprint density at radius 1 is 1.53 bits per heavy atom. The van der Waals surface area contributed by atoms with Gasteiger partial charge in [0.2, 0.25) is 5.91 Å². The van der Waals surface area contributed by atoms with Gasteiger partial charge in [0.05, 0.1) is 10.5 Å². The monoisotopic (exact) mass is 288 g/mol. The van der Waals surface area contributed by atoms with Crippen LogP contribution in [0.1, 0.15) is 18.6 Å². The molecule has 0 saturated heterocycles. The largest absolute Gasteiger partial charge is 0.388 e. The van der Waals surface area contributed by atoms with Gasteiger partial charge in [-0.2, -0.15) is 0 Å². The molecule has 8 heteroatoms. The van der Waals surface area contributed by atoms with Crippen molar-refractivity contribution in [3.8, 4) is 0 Å². The van der Waals surface area contributed by atoms with E-state index in [0.29, 0.717) is 0 Å². The zero-order valence-electron chi connectivity index (χ0n) is 10.0. The fourth-order valence-electron chi connectivity index (χ4n) is 1.50. The van der Waals surface area contributed by atoms with E-state index in [1.165, 1.54) is 19.1 Å². The third kappa shape index (κ3) is 4.16. The molecule has 0 aliphatic carbocycles. The second kappa shape index (κ2) is 6.46. The lowest BCUT2D eigenvalue weighted by atomic mass is 10.0. The maximum Gasteiger partial charge on any atom is 0.275 e. The number of carbonyl (C=O) groups excluding carboxylic acids is 1. The van der Waals surface area contributed by atoms with E-state index in [1.54, 1.807) is 0 Å². The zero-order valence-corrected chi connectivity index (χ0v) is 10.8. The molecule has 2 atom stereocenters. The van der Waals surface area contributed by atoms with E-state index >= 15 is 0 Å². The molecular formula is C11H13ClN2O5. The Kier molecular flexibility index (Phi) is 5.22. The van der Waals surface area contributed by atoms with Gasteiger partial charge in [-0.25, -0.2) is 0 Å². The van der Waals surface area contributed by atoms with Crippen LogP contribution in [0.25, 0.3) is 0 Å². The summed E-state index contributed by atoms with van der Waals surface area (Å²) in [5.41, 5.74) is -0.450. The van der Waals surface area contributed by atoms with Crippen LogP contribution in [-0.4, -0.2) is 33.7 Å². The Balaban J connectivity index is 2.97. The maximum absolute atomic E-state index is 10.8. The number of nitro benzene ring substituents is 1. The topological polar surface area (TPSA) is 113 Å². The maximum atomic E-state index is 10.8. The van der Waals surface area contributed by atoms with E-state index in [9.17, 15) is 25.1 Å². The van der Waals surface area contributed by atoms with Crippen LogP contribution in [0.3, 0.4) is 0 Å². The summed E-state index contributed by atoms with van der Waals surface area (Å²) in [6, 6.07) is 3.67. The second-order valence-electron chi connectivity index (χ2n) is 3.91. The number of amides is 1. The molecule has 1 aromatic carbocycles. The fraction of sp³-hybridized carbons (Fsp3) is 0.364. The van der Waals surface area contributed by atoms with Gasteiger partial charge in [0.25, 0.3) is 5.69 Å². The van der Waals surface area contributed by atoms with Gasteiger partial charge in [-0.15, -0.1) is 0 Å². The SMILES string of the molecule is CC(=O)NCC(O)C(O)c1cc(Cl)ccc1[N+](=O)[O-]. The number of halogens is 1. The van der Waals surface area contributed by atoms with Crippen LogP contribution in [0.5, 0.6) is 0 Å². The molecule has 3 N–H and O–H groups in total. The molecule has 1 rings (SSSR count). The van der Waals surface area contributed by atoms with Gasteiger partial charge in [-0.05, 0) is 12.1 Å². The van der Waals surface area contributed by atoms with Crippen molar-refractivity contribution in [2.24, 2.45) is 0 Å². The van der Waals surface area contributed by atoms with Crippen molar-refractivity contribution < 1.29 is 19.9 Å². The average Bonchev–Trinajstić information content (AvgIpc) is 2.34. The number of nitro groups is 1. The van der Waals surface area contributed by atoms with Gasteiger partial charge in [-0.1, -0.05) is 11.6 Å². The minimum atomic E-state index is -1.52. The number of hydrogen-bond acceptors (Lipinski definition) is 5. The lowest BCUT2D eigenvalue weighted by molar-refractivity contribution is -0.386. The summed E-state index contributed by atoms with van der Waals surface area (Å²) in [4.78, 5) is 20.8.